The fourth-order valence-corrected chi connectivity index (χ4v) is 3.95. The maximum atomic E-state index is 12.7. The van der Waals surface area contributed by atoms with Crippen LogP contribution in [0.3, 0.4) is 0 Å². The van der Waals surface area contributed by atoms with E-state index in [2.05, 4.69) is 10.3 Å². The molecule has 3 aromatic carbocycles. The average molecular weight is 414 g/mol. The van der Waals surface area contributed by atoms with Gasteiger partial charge in [-0.05, 0) is 48.0 Å². The molecular formula is C24H18N2O3S. The summed E-state index contributed by atoms with van der Waals surface area (Å²) in [6.45, 7) is 1.74. The Balaban J connectivity index is 1.33. The van der Waals surface area contributed by atoms with Gasteiger partial charge in [-0.2, -0.15) is 0 Å². The normalized spacial score (nSPS) is 12.2. The van der Waals surface area contributed by atoms with Gasteiger partial charge in [0, 0.05) is 11.1 Å². The minimum atomic E-state index is -0.662. The van der Waals surface area contributed by atoms with E-state index in [9.17, 15) is 4.79 Å². The van der Waals surface area contributed by atoms with Crippen molar-refractivity contribution >= 4 is 44.8 Å². The second-order valence-electron chi connectivity index (χ2n) is 6.91. The number of nitrogens with one attached hydrogen (secondary N) is 1. The van der Waals surface area contributed by atoms with E-state index in [4.69, 9.17) is 9.15 Å². The van der Waals surface area contributed by atoms with Crippen molar-refractivity contribution in [3.8, 4) is 16.5 Å². The number of benzene rings is 3. The molecule has 6 heteroatoms. The summed E-state index contributed by atoms with van der Waals surface area (Å²) in [4.78, 5) is 18.2. The SMILES string of the molecule is CC(Oc1cccc2ccccc12)C(=O)Nc1ccc2oc(-c3cccs3)nc2c1. The molecule has 5 aromatic rings. The van der Waals surface area contributed by atoms with Gasteiger partial charge in [-0.25, -0.2) is 4.98 Å². The van der Waals surface area contributed by atoms with Crippen LogP contribution in [-0.4, -0.2) is 17.0 Å². The van der Waals surface area contributed by atoms with Crippen LogP contribution in [0.25, 0.3) is 32.6 Å². The lowest BCUT2D eigenvalue weighted by Crippen LogP contribution is -2.30. The summed E-state index contributed by atoms with van der Waals surface area (Å²) in [5.41, 5.74) is 2.02. The first-order valence-electron chi connectivity index (χ1n) is 9.57. The summed E-state index contributed by atoms with van der Waals surface area (Å²) in [6.07, 6.45) is -0.662. The van der Waals surface area contributed by atoms with Crippen molar-refractivity contribution in [2.45, 2.75) is 13.0 Å². The highest BCUT2D eigenvalue weighted by Crippen LogP contribution is 2.29. The molecule has 1 N–H and O–H groups in total. The predicted molar refractivity (Wildman–Crippen MR) is 120 cm³/mol. The smallest absolute Gasteiger partial charge is 0.265 e. The number of oxazole rings is 1. The minimum absolute atomic E-state index is 0.232. The molecule has 2 heterocycles. The molecule has 1 unspecified atom stereocenters. The summed E-state index contributed by atoms with van der Waals surface area (Å²) in [5.74, 6) is 1.03. The molecule has 0 radical (unpaired) electrons. The Hall–Kier alpha value is -3.64. The molecule has 0 aliphatic carbocycles. The number of thiophene rings is 1. The van der Waals surface area contributed by atoms with Crippen molar-refractivity contribution in [2.24, 2.45) is 0 Å². The van der Waals surface area contributed by atoms with Gasteiger partial charge in [0.15, 0.2) is 11.7 Å². The van der Waals surface area contributed by atoms with Crippen LogP contribution in [0.2, 0.25) is 0 Å². The first-order valence-corrected chi connectivity index (χ1v) is 10.4. The van der Waals surface area contributed by atoms with Gasteiger partial charge in [0.05, 0.1) is 4.88 Å². The van der Waals surface area contributed by atoms with Crippen molar-refractivity contribution in [3.05, 3.63) is 78.2 Å². The Bertz CT molecular complexity index is 1340. The summed E-state index contributed by atoms with van der Waals surface area (Å²) in [7, 11) is 0. The summed E-state index contributed by atoms with van der Waals surface area (Å²) in [5, 5.41) is 6.93. The number of nitrogens with zero attached hydrogens (tertiary/aromatic N) is 1. The molecule has 0 spiro atoms. The second kappa shape index (κ2) is 7.65. The second-order valence-corrected chi connectivity index (χ2v) is 7.85. The molecular weight excluding hydrogens is 396 g/mol. The lowest BCUT2D eigenvalue weighted by atomic mass is 10.1. The molecule has 1 amide bonds. The highest BCUT2D eigenvalue weighted by Gasteiger charge is 2.17. The fraction of sp³-hybridized carbons (Fsp3) is 0.0833. The average Bonchev–Trinajstić information content (AvgIpc) is 3.43. The van der Waals surface area contributed by atoms with Crippen molar-refractivity contribution in [3.63, 3.8) is 0 Å². The molecule has 0 bridgehead atoms. The molecule has 0 fully saturated rings. The molecule has 0 aliphatic rings. The lowest BCUT2D eigenvalue weighted by molar-refractivity contribution is -0.122. The van der Waals surface area contributed by atoms with Crippen LogP contribution >= 0.6 is 11.3 Å². The van der Waals surface area contributed by atoms with Crippen LogP contribution in [-0.2, 0) is 4.79 Å². The van der Waals surface area contributed by atoms with Gasteiger partial charge >= 0.3 is 0 Å². The number of carbonyl (C=O) groups excluding carboxylic acids is 1. The van der Waals surface area contributed by atoms with E-state index in [0.717, 1.165) is 15.6 Å². The molecule has 1 atom stereocenters. The zero-order valence-electron chi connectivity index (χ0n) is 16.2. The third-order valence-corrected chi connectivity index (χ3v) is 5.67. The third kappa shape index (κ3) is 3.53. The number of rotatable bonds is 5. The summed E-state index contributed by atoms with van der Waals surface area (Å²) >= 11 is 1.57. The van der Waals surface area contributed by atoms with Crippen LogP contribution < -0.4 is 10.1 Å². The highest BCUT2D eigenvalue weighted by molar-refractivity contribution is 7.13. The van der Waals surface area contributed by atoms with Gasteiger partial charge in [0.2, 0.25) is 5.89 Å². The number of anilines is 1. The van der Waals surface area contributed by atoms with E-state index in [-0.39, 0.29) is 5.91 Å². The Kier molecular flexibility index (Phi) is 4.69. The molecule has 0 saturated carbocycles. The number of aromatic nitrogens is 1. The Labute approximate surface area is 176 Å². The molecule has 0 aliphatic heterocycles. The predicted octanol–water partition coefficient (Wildman–Crippen LogP) is 6.12. The first-order chi connectivity index (χ1) is 14.7. The van der Waals surface area contributed by atoms with E-state index in [1.54, 1.807) is 30.4 Å². The zero-order valence-corrected chi connectivity index (χ0v) is 17.0. The number of ether oxygens (including phenoxy) is 1. The zero-order chi connectivity index (χ0) is 20.5. The number of hydrogen-bond acceptors (Lipinski definition) is 5. The maximum Gasteiger partial charge on any atom is 0.265 e. The van der Waals surface area contributed by atoms with Crippen molar-refractivity contribution < 1.29 is 13.9 Å². The monoisotopic (exact) mass is 414 g/mol. The van der Waals surface area contributed by atoms with Crippen LogP contribution in [0.15, 0.2) is 82.6 Å². The molecule has 5 rings (SSSR count). The molecule has 148 valence electrons. The maximum absolute atomic E-state index is 12.7. The summed E-state index contributed by atoms with van der Waals surface area (Å²) < 4.78 is 11.8. The van der Waals surface area contributed by atoms with E-state index in [1.165, 1.54) is 0 Å². The number of fused-ring (bicyclic) bond motifs is 2. The Morgan fingerprint density at radius 3 is 2.80 bits per heavy atom. The van der Waals surface area contributed by atoms with Crippen molar-refractivity contribution in [1.82, 2.24) is 4.98 Å². The van der Waals surface area contributed by atoms with E-state index in [1.807, 2.05) is 66.0 Å². The lowest BCUT2D eigenvalue weighted by Gasteiger charge is -2.16. The van der Waals surface area contributed by atoms with Gasteiger partial charge in [0.1, 0.15) is 11.3 Å². The largest absolute Gasteiger partial charge is 0.480 e. The van der Waals surface area contributed by atoms with Crippen molar-refractivity contribution in [2.75, 3.05) is 5.32 Å². The minimum Gasteiger partial charge on any atom is -0.480 e. The van der Waals surface area contributed by atoms with Crippen LogP contribution in [0, 0.1) is 0 Å². The van der Waals surface area contributed by atoms with Gasteiger partial charge in [0.25, 0.3) is 5.91 Å². The molecule has 0 saturated heterocycles. The van der Waals surface area contributed by atoms with E-state index < -0.39 is 6.10 Å². The van der Waals surface area contributed by atoms with Gasteiger partial charge in [-0.1, -0.05) is 42.5 Å². The fourth-order valence-electron chi connectivity index (χ4n) is 3.30. The molecule has 2 aromatic heterocycles. The van der Waals surface area contributed by atoms with Crippen LogP contribution in [0.1, 0.15) is 6.92 Å². The Morgan fingerprint density at radius 2 is 1.93 bits per heavy atom. The summed E-state index contributed by atoms with van der Waals surface area (Å²) in [6, 6.07) is 23.1. The van der Waals surface area contributed by atoms with Crippen LogP contribution in [0.4, 0.5) is 5.69 Å². The van der Waals surface area contributed by atoms with Gasteiger partial charge < -0.3 is 14.5 Å². The molecule has 5 nitrogen and oxygen atoms in total. The highest BCUT2D eigenvalue weighted by atomic mass is 32.1. The molecule has 30 heavy (non-hydrogen) atoms. The Morgan fingerprint density at radius 1 is 1.07 bits per heavy atom. The van der Waals surface area contributed by atoms with Gasteiger partial charge in [-0.3, -0.25) is 4.79 Å². The van der Waals surface area contributed by atoms with Crippen LogP contribution in [0.5, 0.6) is 5.75 Å². The quantitative estimate of drug-likeness (QED) is 0.376. The number of hydrogen-bond donors (Lipinski definition) is 1. The van der Waals surface area contributed by atoms with E-state index in [0.29, 0.717) is 28.4 Å². The topological polar surface area (TPSA) is 64.4 Å². The van der Waals surface area contributed by atoms with E-state index >= 15 is 0 Å². The van der Waals surface area contributed by atoms with Gasteiger partial charge in [-0.15, -0.1) is 11.3 Å². The van der Waals surface area contributed by atoms with Crippen molar-refractivity contribution in [1.29, 1.82) is 0 Å². The number of amides is 1. The first kappa shape index (κ1) is 18.4. The third-order valence-electron chi connectivity index (χ3n) is 4.81. The standard InChI is InChI=1S/C24H18N2O3S/c1-15(28-20-9-4-7-16-6-2-3-8-18(16)20)23(27)25-17-11-12-21-19(14-17)26-24(29-21)22-10-5-13-30-22/h2-15H,1H3,(H,25,27). The number of carbonyl (C=O) groups is 1.